The van der Waals surface area contributed by atoms with Crippen molar-refractivity contribution in [2.75, 3.05) is 25.1 Å². The van der Waals surface area contributed by atoms with Crippen molar-refractivity contribution >= 4 is 17.7 Å². The van der Waals surface area contributed by atoms with Crippen LogP contribution in [0.2, 0.25) is 0 Å². The number of aryl methyl sites for hydroxylation is 1. The van der Waals surface area contributed by atoms with Crippen molar-refractivity contribution in [2.45, 2.75) is 77.3 Å². The summed E-state index contributed by atoms with van der Waals surface area (Å²) in [5.41, 5.74) is -0.0841. The number of carbonyl (C=O) groups is 2. The Hall–Kier alpha value is -3.93. The van der Waals surface area contributed by atoms with Crippen LogP contribution in [-0.4, -0.2) is 57.5 Å². The molecule has 12 heteroatoms. The standard InChI is InChI=1S/C33H40F3N5O4/c1-21-16-32(17-21,29-38-37-20-40(29)6)23-9-7-10-24(15-23)41-18-26-25(28(41)42)13-22(14-27(26)33(34,35)36)19-44-12-8-11-39(5)30(43)45-31(2,3)4/h7,9-10,13-15,20-21H,8,11-12,16-19H2,1-6H3. The van der Waals surface area contributed by atoms with E-state index in [1.165, 1.54) is 15.9 Å². The largest absolute Gasteiger partial charge is 0.444 e. The van der Waals surface area contributed by atoms with Gasteiger partial charge in [0.05, 0.1) is 24.1 Å². The Morgan fingerprint density at radius 3 is 2.51 bits per heavy atom. The van der Waals surface area contributed by atoms with Gasteiger partial charge in [-0.05, 0) is 86.9 Å². The summed E-state index contributed by atoms with van der Waals surface area (Å²) in [5, 5.41) is 8.45. The van der Waals surface area contributed by atoms with E-state index in [0.29, 0.717) is 24.6 Å². The van der Waals surface area contributed by atoms with E-state index in [9.17, 15) is 22.8 Å². The van der Waals surface area contributed by atoms with E-state index in [-0.39, 0.29) is 41.9 Å². The highest BCUT2D eigenvalue weighted by molar-refractivity contribution is 6.10. The normalized spacial score (nSPS) is 19.8. The van der Waals surface area contributed by atoms with Gasteiger partial charge in [-0.15, -0.1) is 10.2 Å². The molecule has 0 saturated heterocycles. The molecule has 2 aromatic carbocycles. The molecule has 45 heavy (non-hydrogen) atoms. The number of fused-ring (bicyclic) bond motifs is 1. The molecule has 0 N–H and O–H groups in total. The molecule has 0 radical (unpaired) electrons. The fourth-order valence-corrected chi connectivity index (χ4v) is 6.40. The second-order valence-corrected chi connectivity index (χ2v) is 13.3. The number of hydrogen-bond donors (Lipinski definition) is 0. The second-order valence-electron chi connectivity index (χ2n) is 13.3. The quantitative estimate of drug-likeness (QED) is 0.252. The van der Waals surface area contributed by atoms with Crippen molar-refractivity contribution in [1.82, 2.24) is 19.7 Å². The topological polar surface area (TPSA) is 89.8 Å². The highest BCUT2D eigenvalue weighted by Gasteiger charge is 2.48. The molecule has 0 spiro atoms. The summed E-state index contributed by atoms with van der Waals surface area (Å²) >= 11 is 0. The van der Waals surface area contributed by atoms with Crippen LogP contribution >= 0.6 is 0 Å². The number of alkyl halides is 3. The van der Waals surface area contributed by atoms with Gasteiger partial charge in [-0.3, -0.25) is 4.79 Å². The molecule has 9 nitrogen and oxygen atoms in total. The first-order valence-electron chi connectivity index (χ1n) is 15.1. The summed E-state index contributed by atoms with van der Waals surface area (Å²) in [6.45, 7) is 7.79. The molecule has 1 fully saturated rings. The first kappa shape index (κ1) is 32.5. The SMILES string of the molecule is CC1CC(c2cccc(N3Cc4c(cc(COCCCN(C)C(=O)OC(C)(C)C)cc4C(F)(F)F)C3=O)c2)(c2nncn2C)C1. The maximum absolute atomic E-state index is 14.3. The summed E-state index contributed by atoms with van der Waals surface area (Å²) in [4.78, 5) is 28.6. The number of halogens is 3. The predicted octanol–water partition coefficient (Wildman–Crippen LogP) is 6.48. The van der Waals surface area contributed by atoms with E-state index in [1.54, 1.807) is 40.2 Å². The van der Waals surface area contributed by atoms with Crippen molar-refractivity contribution in [2.24, 2.45) is 13.0 Å². The van der Waals surface area contributed by atoms with Gasteiger partial charge in [0, 0.05) is 38.5 Å². The summed E-state index contributed by atoms with van der Waals surface area (Å²) in [5.74, 6) is 0.821. The van der Waals surface area contributed by atoms with Gasteiger partial charge in [0.2, 0.25) is 0 Å². The molecule has 1 saturated carbocycles. The molecule has 1 aromatic heterocycles. The summed E-state index contributed by atoms with van der Waals surface area (Å²) in [6, 6.07) is 10.0. The number of ether oxygens (including phenoxy) is 2. The van der Waals surface area contributed by atoms with Crippen LogP contribution in [-0.2, 0) is 41.3 Å². The van der Waals surface area contributed by atoms with E-state index >= 15 is 0 Å². The predicted molar refractivity (Wildman–Crippen MR) is 162 cm³/mol. The Morgan fingerprint density at radius 1 is 1.16 bits per heavy atom. The summed E-state index contributed by atoms with van der Waals surface area (Å²) in [7, 11) is 3.51. The van der Waals surface area contributed by atoms with E-state index in [1.807, 2.05) is 29.8 Å². The van der Waals surface area contributed by atoms with Crippen molar-refractivity contribution < 1.29 is 32.2 Å². The van der Waals surface area contributed by atoms with Crippen molar-refractivity contribution in [3.63, 3.8) is 0 Å². The van der Waals surface area contributed by atoms with Gasteiger partial charge in [-0.1, -0.05) is 19.1 Å². The summed E-state index contributed by atoms with van der Waals surface area (Å²) in [6.07, 6.45) is -1.27. The average Bonchev–Trinajstić information content (AvgIpc) is 3.52. The van der Waals surface area contributed by atoms with Crippen LogP contribution in [0, 0.1) is 5.92 Å². The number of rotatable bonds is 9. The minimum atomic E-state index is -4.65. The molecule has 3 aromatic rings. The number of benzene rings is 2. The Balaban J connectivity index is 1.31. The van der Waals surface area contributed by atoms with Crippen LogP contribution in [0.1, 0.15) is 85.4 Å². The van der Waals surface area contributed by atoms with Crippen LogP contribution in [0.5, 0.6) is 0 Å². The van der Waals surface area contributed by atoms with E-state index in [4.69, 9.17) is 9.47 Å². The molecule has 0 atom stereocenters. The molecule has 5 rings (SSSR count). The average molecular weight is 628 g/mol. The number of hydrogen-bond acceptors (Lipinski definition) is 6. The minimum Gasteiger partial charge on any atom is -0.444 e. The lowest BCUT2D eigenvalue weighted by molar-refractivity contribution is -0.138. The third kappa shape index (κ3) is 6.70. The van der Waals surface area contributed by atoms with Gasteiger partial charge >= 0.3 is 12.3 Å². The zero-order valence-electron chi connectivity index (χ0n) is 26.6. The van der Waals surface area contributed by atoms with Crippen LogP contribution in [0.15, 0.2) is 42.7 Å². The van der Waals surface area contributed by atoms with Crippen molar-refractivity contribution in [3.8, 4) is 0 Å². The molecule has 0 bridgehead atoms. The lowest BCUT2D eigenvalue weighted by atomic mass is 9.58. The second kappa shape index (κ2) is 12.1. The van der Waals surface area contributed by atoms with Crippen molar-refractivity contribution in [3.05, 3.63) is 76.4 Å². The van der Waals surface area contributed by atoms with Gasteiger partial charge < -0.3 is 23.8 Å². The highest BCUT2D eigenvalue weighted by atomic mass is 19.4. The summed E-state index contributed by atoms with van der Waals surface area (Å²) < 4.78 is 55.7. The molecule has 0 unspecified atom stereocenters. The monoisotopic (exact) mass is 627 g/mol. The van der Waals surface area contributed by atoms with Crippen LogP contribution in [0.4, 0.5) is 23.7 Å². The van der Waals surface area contributed by atoms with Crippen molar-refractivity contribution in [1.29, 1.82) is 0 Å². The molecule has 1 aliphatic heterocycles. The maximum Gasteiger partial charge on any atom is 0.416 e. The smallest absolute Gasteiger partial charge is 0.416 e. The van der Waals surface area contributed by atoms with Gasteiger partial charge in [-0.2, -0.15) is 13.2 Å². The minimum absolute atomic E-state index is 0.0266. The first-order valence-corrected chi connectivity index (χ1v) is 15.1. The lowest BCUT2D eigenvalue weighted by Crippen LogP contribution is -2.43. The molecular weight excluding hydrogens is 587 g/mol. The highest BCUT2D eigenvalue weighted by Crippen LogP contribution is 2.52. The van der Waals surface area contributed by atoms with E-state index in [2.05, 4.69) is 17.1 Å². The number of carbonyl (C=O) groups excluding carboxylic acids is 2. The maximum atomic E-state index is 14.3. The number of nitrogens with zero attached hydrogens (tertiary/aromatic N) is 5. The number of aromatic nitrogens is 3. The van der Waals surface area contributed by atoms with Crippen LogP contribution in [0.3, 0.4) is 0 Å². The molecule has 1 aliphatic carbocycles. The molecule has 242 valence electrons. The van der Waals surface area contributed by atoms with E-state index < -0.39 is 29.3 Å². The molecular formula is C33H40F3N5O4. The van der Waals surface area contributed by atoms with Gasteiger partial charge in [-0.25, -0.2) is 4.79 Å². The lowest BCUT2D eigenvalue weighted by Gasteiger charge is -2.46. The zero-order valence-corrected chi connectivity index (χ0v) is 26.6. The van der Waals surface area contributed by atoms with Gasteiger partial charge in [0.1, 0.15) is 17.8 Å². The molecule has 2 heterocycles. The first-order chi connectivity index (χ1) is 21.1. The molecule has 2 aliphatic rings. The third-order valence-corrected chi connectivity index (χ3v) is 8.41. The molecule has 2 amide bonds. The fourth-order valence-electron chi connectivity index (χ4n) is 6.40. The Morgan fingerprint density at radius 2 is 1.89 bits per heavy atom. The Labute approximate surface area is 261 Å². The van der Waals surface area contributed by atoms with Gasteiger partial charge in [0.15, 0.2) is 0 Å². The number of anilines is 1. The zero-order chi connectivity index (χ0) is 32.7. The van der Waals surface area contributed by atoms with Crippen LogP contribution < -0.4 is 4.90 Å². The number of amides is 2. The van der Waals surface area contributed by atoms with Gasteiger partial charge in [0.25, 0.3) is 5.91 Å². The van der Waals surface area contributed by atoms with Crippen LogP contribution in [0.25, 0.3) is 0 Å². The Bertz CT molecular complexity index is 1570. The Kier molecular flexibility index (Phi) is 8.74. The third-order valence-electron chi connectivity index (χ3n) is 8.41. The van der Waals surface area contributed by atoms with E-state index in [0.717, 1.165) is 30.3 Å². The fraction of sp³-hybridized carbons (Fsp3) is 0.515.